The van der Waals surface area contributed by atoms with Gasteiger partial charge in [-0.05, 0) is 65.9 Å². The number of aromatic hydroxyl groups is 1. The van der Waals surface area contributed by atoms with Gasteiger partial charge in [0.1, 0.15) is 5.75 Å². The van der Waals surface area contributed by atoms with Gasteiger partial charge in [0.25, 0.3) is 5.91 Å². The van der Waals surface area contributed by atoms with E-state index in [1.807, 2.05) is 36.9 Å². The molecule has 1 N–H and O–H groups in total. The average molecular weight is 362 g/mol. The van der Waals surface area contributed by atoms with Crippen molar-refractivity contribution in [3.05, 3.63) is 65.2 Å². The van der Waals surface area contributed by atoms with Crippen LogP contribution in [0, 0.1) is 13.8 Å². The number of nitrogens with zero attached hydrogens (tertiary/aromatic N) is 2. The minimum Gasteiger partial charge on any atom is -0.508 e. The lowest BCUT2D eigenvalue weighted by atomic mass is 9.94. The van der Waals surface area contributed by atoms with Crippen LogP contribution in [0.2, 0.25) is 0 Å². The maximum absolute atomic E-state index is 12.9. The van der Waals surface area contributed by atoms with Gasteiger partial charge in [0.15, 0.2) is 0 Å². The third-order valence-corrected chi connectivity index (χ3v) is 5.69. The van der Waals surface area contributed by atoms with E-state index < -0.39 is 0 Å². The molecule has 2 aliphatic heterocycles. The molecule has 0 saturated carbocycles. The zero-order valence-electron chi connectivity index (χ0n) is 15.5. The van der Waals surface area contributed by atoms with Gasteiger partial charge in [0, 0.05) is 25.2 Å². The fourth-order valence-electron chi connectivity index (χ4n) is 3.89. The zero-order valence-corrected chi connectivity index (χ0v) is 15.5. The van der Waals surface area contributed by atoms with Crippen LogP contribution in [-0.2, 0) is 11.3 Å². The highest BCUT2D eigenvalue weighted by Gasteiger charge is 2.40. The number of hydrogen-bond acceptors (Lipinski definition) is 3. The van der Waals surface area contributed by atoms with E-state index in [-0.39, 0.29) is 23.6 Å². The summed E-state index contributed by atoms with van der Waals surface area (Å²) in [6.45, 7) is 9.18. The second-order valence-electron chi connectivity index (χ2n) is 7.34. The first-order chi connectivity index (χ1) is 12.9. The predicted molar refractivity (Wildman–Crippen MR) is 103 cm³/mol. The first-order valence-corrected chi connectivity index (χ1v) is 9.05. The molecule has 27 heavy (non-hydrogen) atoms. The largest absolute Gasteiger partial charge is 0.508 e. The summed E-state index contributed by atoms with van der Waals surface area (Å²) in [6.07, 6.45) is 1.31. The molecular formula is C22H22N2O3. The fourth-order valence-corrected chi connectivity index (χ4v) is 3.89. The number of fused-ring (bicyclic) bond motifs is 1. The molecule has 2 aromatic rings. The summed E-state index contributed by atoms with van der Waals surface area (Å²) in [6, 6.07) is 9.46. The van der Waals surface area contributed by atoms with Crippen LogP contribution in [0.3, 0.4) is 0 Å². The van der Waals surface area contributed by atoms with Crippen molar-refractivity contribution in [3.63, 3.8) is 0 Å². The molecular weight excluding hydrogens is 340 g/mol. The van der Waals surface area contributed by atoms with Gasteiger partial charge in [0.05, 0.1) is 6.04 Å². The molecule has 2 amide bonds. The topological polar surface area (TPSA) is 60.9 Å². The number of likely N-dealkylation sites (tertiary alicyclic amines) is 1. The smallest absolute Gasteiger partial charge is 0.254 e. The van der Waals surface area contributed by atoms with Crippen molar-refractivity contribution >= 4 is 11.8 Å². The second kappa shape index (κ2) is 6.27. The second-order valence-corrected chi connectivity index (χ2v) is 7.34. The molecule has 0 aliphatic carbocycles. The van der Waals surface area contributed by atoms with Gasteiger partial charge in [0.2, 0.25) is 5.91 Å². The number of amides is 2. The van der Waals surface area contributed by atoms with E-state index >= 15 is 0 Å². The number of phenolic OH excluding ortho intramolecular Hbond substituents is 1. The van der Waals surface area contributed by atoms with Crippen LogP contribution in [0.15, 0.2) is 43.0 Å². The number of carbonyl (C=O) groups excluding carboxylic acids is 2. The zero-order chi connectivity index (χ0) is 19.3. The summed E-state index contributed by atoms with van der Waals surface area (Å²) in [5, 5.41) is 9.96. The van der Waals surface area contributed by atoms with Crippen molar-refractivity contribution in [2.75, 3.05) is 13.1 Å². The van der Waals surface area contributed by atoms with Gasteiger partial charge in [-0.3, -0.25) is 9.59 Å². The molecule has 0 atom stereocenters. The average Bonchev–Trinajstić information content (AvgIpc) is 2.92. The van der Waals surface area contributed by atoms with Gasteiger partial charge in [-0.1, -0.05) is 18.7 Å². The number of carbonyl (C=O) groups is 2. The molecule has 0 bridgehead atoms. The van der Waals surface area contributed by atoms with Gasteiger partial charge in [-0.2, -0.15) is 0 Å². The molecule has 4 rings (SSSR count). The van der Waals surface area contributed by atoms with Crippen molar-refractivity contribution in [2.45, 2.75) is 26.4 Å². The van der Waals surface area contributed by atoms with E-state index in [0.717, 1.165) is 27.8 Å². The minimum absolute atomic E-state index is 0.0112. The Morgan fingerprint density at radius 2 is 1.93 bits per heavy atom. The molecule has 0 radical (unpaired) electrons. The quantitative estimate of drug-likeness (QED) is 0.854. The van der Waals surface area contributed by atoms with E-state index in [4.69, 9.17) is 0 Å². The Morgan fingerprint density at radius 3 is 2.63 bits per heavy atom. The molecule has 1 fully saturated rings. The first-order valence-electron chi connectivity index (χ1n) is 9.05. The summed E-state index contributed by atoms with van der Waals surface area (Å²) in [5.41, 5.74) is 5.69. The van der Waals surface area contributed by atoms with Crippen molar-refractivity contribution in [1.29, 1.82) is 0 Å². The molecule has 0 unspecified atom stereocenters. The lowest BCUT2D eigenvalue weighted by Crippen LogP contribution is -2.60. The summed E-state index contributed by atoms with van der Waals surface area (Å²) in [4.78, 5) is 28.1. The Bertz CT molecular complexity index is 974. The van der Waals surface area contributed by atoms with E-state index in [1.165, 1.54) is 6.08 Å². The summed E-state index contributed by atoms with van der Waals surface area (Å²) in [7, 11) is 0. The summed E-state index contributed by atoms with van der Waals surface area (Å²) >= 11 is 0. The molecule has 138 valence electrons. The number of phenols is 1. The lowest BCUT2D eigenvalue weighted by Gasteiger charge is -2.43. The van der Waals surface area contributed by atoms with Crippen LogP contribution in [0.5, 0.6) is 5.75 Å². The standard InChI is InChI=1S/C22H22N2O3/c1-4-21(26)23-11-17(12-23)24-10-16-6-5-15(8-20(16)22(24)27)19-9-18(25)7-13(2)14(19)3/h4-9,17,25H,1,10-12H2,2-3H3. The number of hydrogen-bond donors (Lipinski definition) is 1. The number of benzene rings is 2. The van der Waals surface area contributed by atoms with Crippen LogP contribution >= 0.6 is 0 Å². The molecule has 0 spiro atoms. The SMILES string of the molecule is C=CC(=O)N1CC(N2Cc3ccc(-c4cc(O)cc(C)c4C)cc3C2=O)C1. The highest BCUT2D eigenvalue weighted by atomic mass is 16.3. The van der Waals surface area contributed by atoms with E-state index in [1.54, 1.807) is 17.0 Å². The summed E-state index contributed by atoms with van der Waals surface area (Å²) < 4.78 is 0. The third kappa shape index (κ3) is 2.79. The molecule has 5 heteroatoms. The monoisotopic (exact) mass is 362 g/mol. The highest BCUT2D eigenvalue weighted by Crippen LogP contribution is 2.34. The van der Waals surface area contributed by atoms with Crippen molar-refractivity contribution in [2.24, 2.45) is 0 Å². The Morgan fingerprint density at radius 1 is 1.19 bits per heavy atom. The summed E-state index contributed by atoms with van der Waals surface area (Å²) in [5.74, 6) is 0.146. The molecule has 2 heterocycles. The van der Waals surface area contributed by atoms with Crippen LogP contribution < -0.4 is 0 Å². The van der Waals surface area contributed by atoms with Crippen molar-refractivity contribution < 1.29 is 14.7 Å². The maximum atomic E-state index is 12.9. The third-order valence-electron chi connectivity index (χ3n) is 5.69. The Balaban J connectivity index is 1.60. The van der Waals surface area contributed by atoms with Crippen LogP contribution in [-0.4, -0.2) is 45.9 Å². The van der Waals surface area contributed by atoms with Gasteiger partial charge < -0.3 is 14.9 Å². The number of rotatable bonds is 3. The number of aryl methyl sites for hydroxylation is 1. The van der Waals surface area contributed by atoms with Crippen molar-refractivity contribution in [3.8, 4) is 16.9 Å². The normalized spacial score (nSPS) is 16.3. The molecule has 2 aliphatic rings. The van der Waals surface area contributed by atoms with Gasteiger partial charge in [-0.15, -0.1) is 0 Å². The Hall–Kier alpha value is -3.08. The lowest BCUT2D eigenvalue weighted by molar-refractivity contribution is -0.132. The van der Waals surface area contributed by atoms with Gasteiger partial charge >= 0.3 is 0 Å². The van der Waals surface area contributed by atoms with Crippen LogP contribution in [0.4, 0.5) is 0 Å². The van der Waals surface area contributed by atoms with E-state index in [0.29, 0.717) is 25.2 Å². The van der Waals surface area contributed by atoms with Gasteiger partial charge in [-0.25, -0.2) is 0 Å². The van der Waals surface area contributed by atoms with E-state index in [9.17, 15) is 14.7 Å². The minimum atomic E-state index is -0.0903. The van der Waals surface area contributed by atoms with E-state index in [2.05, 4.69) is 6.58 Å². The van der Waals surface area contributed by atoms with Crippen LogP contribution in [0.25, 0.3) is 11.1 Å². The van der Waals surface area contributed by atoms with Crippen LogP contribution in [0.1, 0.15) is 27.0 Å². The Labute approximate surface area is 158 Å². The molecule has 5 nitrogen and oxygen atoms in total. The molecule has 0 aromatic heterocycles. The predicted octanol–water partition coefficient (Wildman–Crippen LogP) is 3.03. The molecule has 2 aromatic carbocycles. The fraction of sp³-hybridized carbons (Fsp3) is 0.273. The Kier molecular flexibility index (Phi) is 4.02. The highest BCUT2D eigenvalue weighted by molar-refractivity contribution is 6.00. The van der Waals surface area contributed by atoms with Crippen molar-refractivity contribution in [1.82, 2.24) is 9.80 Å². The molecule has 1 saturated heterocycles. The first kappa shape index (κ1) is 17.3. The maximum Gasteiger partial charge on any atom is 0.254 e.